The number of Topliss-reactive ketones (excluding diaryl/α,β-unsaturated/α-hetero) is 1. The molecule has 0 aliphatic rings. The Morgan fingerprint density at radius 3 is 2.05 bits per heavy atom. The molecule has 19 heavy (non-hydrogen) atoms. The number of ketones is 1. The van der Waals surface area contributed by atoms with Crippen LogP contribution < -0.4 is 0 Å². The summed E-state index contributed by atoms with van der Waals surface area (Å²) in [5, 5.41) is 0. The molecule has 0 atom stereocenters. The third kappa shape index (κ3) is 3.11. The molecule has 98 valence electrons. The quantitative estimate of drug-likeness (QED) is 0.790. The first-order valence-corrected chi connectivity index (χ1v) is 6.64. The van der Waals surface area contributed by atoms with E-state index in [1.165, 1.54) is 27.8 Å². The molecule has 0 saturated carbocycles. The first kappa shape index (κ1) is 13.5. The third-order valence-corrected chi connectivity index (χ3v) is 3.56. The zero-order valence-corrected chi connectivity index (χ0v) is 12.1. The second kappa shape index (κ2) is 5.40. The summed E-state index contributed by atoms with van der Waals surface area (Å²) in [6.07, 6.45) is 0.520. The number of hydrogen-bond donors (Lipinski definition) is 0. The number of aryl methyl sites for hydroxylation is 3. The van der Waals surface area contributed by atoms with Crippen molar-refractivity contribution in [1.82, 2.24) is 0 Å². The SMILES string of the molecule is CC(=O)Cc1ccc(-c2cc(C)c(C)cc2C)cc1. The highest BCUT2D eigenvalue weighted by Crippen LogP contribution is 2.26. The third-order valence-electron chi connectivity index (χ3n) is 3.56. The second-order valence-corrected chi connectivity index (χ2v) is 5.33. The second-order valence-electron chi connectivity index (χ2n) is 5.33. The van der Waals surface area contributed by atoms with Crippen LogP contribution in [0, 0.1) is 20.8 Å². The monoisotopic (exact) mass is 252 g/mol. The molecule has 0 aliphatic heterocycles. The van der Waals surface area contributed by atoms with Gasteiger partial charge < -0.3 is 0 Å². The average Bonchev–Trinajstić information content (AvgIpc) is 2.34. The van der Waals surface area contributed by atoms with Gasteiger partial charge in [-0.15, -0.1) is 0 Å². The molecule has 0 bridgehead atoms. The molecule has 0 radical (unpaired) electrons. The summed E-state index contributed by atoms with van der Waals surface area (Å²) in [6.45, 7) is 8.05. The van der Waals surface area contributed by atoms with E-state index < -0.39 is 0 Å². The molecule has 0 spiro atoms. The molecule has 0 amide bonds. The van der Waals surface area contributed by atoms with E-state index in [9.17, 15) is 4.79 Å². The van der Waals surface area contributed by atoms with Gasteiger partial charge in [0.05, 0.1) is 0 Å². The Morgan fingerprint density at radius 2 is 1.47 bits per heavy atom. The van der Waals surface area contributed by atoms with Crippen LogP contribution in [-0.2, 0) is 11.2 Å². The van der Waals surface area contributed by atoms with Gasteiger partial charge in [-0.25, -0.2) is 0 Å². The summed E-state index contributed by atoms with van der Waals surface area (Å²) in [5.41, 5.74) is 7.51. The number of hydrogen-bond acceptors (Lipinski definition) is 1. The summed E-state index contributed by atoms with van der Waals surface area (Å²) in [4.78, 5) is 11.1. The Morgan fingerprint density at radius 1 is 0.895 bits per heavy atom. The van der Waals surface area contributed by atoms with Gasteiger partial charge in [0.1, 0.15) is 5.78 Å². The minimum atomic E-state index is 0.204. The Hall–Kier alpha value is -1.89. The maximum Gasteiger partial charge on any atom is 0.134 e. The fourth-order valence-corrected chi connectivity index (χ4v) is 2.36. The lowest BCUT2D eigenvalue weighted by Crippen LogP contribution is -1.96. The number of carbonyl (C=O) groups is 1. The van der Waals surface area contributed by atoms with Gasteiger partial charge in [0.15, 0.2) is 0 Å². The molecule has 0 aliphatic carbocycles. The molecule has 0 fully saturated rings. The minimum absolute atomic E-state index is 0.204. The van der Waals surface area contributed by atoms with Crippen LogP contribution in [0.15, 0.2) is 36.4 Å². The first-order chi connectivity index (χ1) is 8.97. The number of rotatable bonds is 3. The number of carbonyl (C=O) groups excluding carboxylic acids is 1. The van der Waals surface area contributed by atoms with Crippen molar-refractivity contribution in [3.63, 3.8) is 0 Å². The van der Waals surface area contributed by atoms with Crippen molar-refractivity contribution in [3.8, 4) is 11.1 Å². The predicted molar refractivity (Wildman–Crippen MR) is 80.5 cm³/mol. The van der Waals surface area contributed by atoms with Gasteiger partial charge in [-0.1, -0.05) is 36.4 Å². The molecule has 0 unspecified atom stereocenters. The molecule has 2 rings (SSSR count). The molecule has 1 nitrogen and oxygen atoms in total. The molecule has 0 heterocycles. The van der Waals surface area contributed by atoms with E-state index >= 15 is 0 Å². The molecule has 0 saturated heterocycles. The lowest BCUT2D eigenvalue weighted by atomic mass is 9.94. The van der Waals surface area contributed by atoms with E-state index in [-0.39, 0.29) is 5.78 Å². The minimum Gasteiger partial charge on any atom is -0.300 e. The molecular formula is C18H20O. The Kier molecular flexibility index (Phi) is 3.84. The fourth-order valence-electron chi connectivity index (χ4n) is 2.36. The van der Waals surface area contributed by atoms with Crippen LogP contribution in [0.5, 0.6) is 0 Å². The summed E-state index contributed by atoms with van der Waals surface area (Å²) in [5.74, 6) is 0.204. The van der Waals surface area contributed by atoms with Crippen LogP contribution in [-0.4, -0.2) is 5.78 Å². The van der Waals surface area contributed by atoms with Gasteiger partial charge >= 0.3 is 0 Å². The summed E-state index contributed by atoms with van der Waals surface area (Å²) < 4.78 is 0. The molecule has 0 aromatic heterocycles. The molecule has 2 aromatic rings. The summed E-state index contributed by atoms with van der Waals surface area (Å²) >= 11 is 0. The Bertz CT molecular complexity index is 606. The van der Waals surface area contributed by atoms with Crippen molar-refractivity contribution < 1.29 is 4.79 Å². The van der Waals surface area contributed by atoms with Crippen LogP contribution in [0.25, 0.3) is 11.1 Å². The number of benzene rings is 2. The van der Waals surface area contributed by atoms with Crippen LogP contribution in [0.3, 0.4) is 0 Å². The van der Waals surface area contributed by atoms with Crippen molar-refractivity contribution in [3.05, 3.63) is 58.7 Å². The first-order valence-electron chi connectivity index (χ1n) is 6.64. The standard InChI is InChI=1S/C18H20O/c1-12-9-14(3)18(10-13(12)2)17-7-5-16(6-8-17)11-15(4)19/h5-10H,11H2,1-4H3. The summed E-state index contributed by atoms with van der Waals surface area (Å²) in [6, 6.07) is 12.8. The molecule has 1 heteroatoms. The van der Waals surface area contributed by atoms with Crippen LogP contribution in [0.1, 0.15) is 29.2 Å². The largest absolute Gasteiger partial charge is 0.300 e. The van der Waals surface area contributed by atoms with Crippen LogP contribution in [0.2, 0.25) is 0 Å². The van der Waals surface area contributed by atoms with Crippen molar-refractivity contribution in [1.29, 1.82) is 0 Å². The van der Waals surface area contributed by atoms with Crippen LogP contribution in [0.4, 0.5) is 0 Å². The summed E-state index contributed by atoms with van der Waals surface area (Å²) in [7, 11) is 0. The van der Waals surface area contributed by atoms with Crippen molar-refractivity contribution in [2.45, 2.75) is 34.1 Å². The van der Waals surface area contributed by atoms with Gasteiger partial charge in [-0.3, -0.25) is 4.79 Å². The zero-order valence-electron chi connectivity index (χ0n) is 12.1. The van der Waals surface area contributed by atoms with Crippen LogP contribution >= 0.6 is 0 Å². The lowest BCUT2D eigenvalue weighted by molar-refractivity contribution is -0.116. The fraction of sp³-hybridized carbons (Fsp3) is 0.278. The average molecular weight is 252 g/mol. The maximum absolute atomic E-state index is 11.1. The predicted octanol–water partition coefficient (Wildman–Crippen LogP) is 4.41. The van der Waals surface area contributed by atoms with Crippen molar-refractivity contribution in [2.24, 2.45) is 0 Å². The normalized spacial score (nSPS) is 10.5. The van der Waals surface area contributed by atoms with Gasteiger partial charge in [0, 0.05) is 6.42 Å². The van der Waals surface area contributed by atoms with E-state index in [0.29, 0.717) is 6.42 Å². The molecular weight excluding hydrogens is 232 g/mol. The zero-order chi connectivity index (χ0) is 14.0. The maximum atomic E-state index is 11.1. The van der Waals surface area contributed by atoms with E-state index in [1.807, 2.05) is 12.1 Å². The Labute approximate surface area is 115 Å². The highest BCUT2D eigenvalue weighted by atomic mass is 16.1. The van der Waals surface area contributed by atoms with Crippen molar-refractivity contribution in [2.75, 3.05) is 0 Å². The molecule has 0 N–H and O–H groups in total. The topological polar surface area (TPSA) is 17.1 Å². The smallest absolute Gasteiger partial charge is 0.134 e. The van der Waals surface area contributed by atoms with E-state index in [0.717, 1.165) is 5.56 Å². The van der Waals surface area contributed by atoms with Crippen molar-refractivity contribution >= 4 is 5.78 Å². The van der Waals surface area contributed by atoms with E-state index in [1.54, 1.807) is 6.92 Å². The van der Waals surface area contributed by atoms with Gasteiger partial charge in [0.25, 0.3) is 0 Å². The van der Waals surface area contributed by atoms with Gasteiger partial charge in [0.2, 0.25) is 0 Å². The highest BCUT2D eigenvalue weighted by molar-refractivity contribution is 5.78. The lowest BCUT2D eigenvalue weighted by Gasteiger charge is -2.10. The van der Waals surface area contributed by atoms with Gasteiger partial charge in [-0.2, -0.15) is 0 Å². The van der Waals surface area contributed by atoms with Gasteiger partial charge in [-0.05, 0) is 61.1 Å². The van der Waals surface area contributed by atoms with E-state index in [2.05, 4.69) is 45.0 Å². The highest BCUT2D eigenvalue weighted by Gasteiger charge is 2.05. The molecule has 2 aromatic carbocycles. The Balaban J connectivity index is 2.37. The van der Waals surface area contributed by atoms with E-state index in [4.69, 9.17) is 0 Å².